The second-order valence-corrected chi connectivity index (χ2v) is 7.99. The highest BCUT2D eigenvalue weighted by Gasteiger charge is 2.19. The smallest absolute Gasteiger partial charge is 0.210 e. The zero-order valence-electron chi connectivity index (χ0n) is 10.8. The molecule has 0 radical (unpaired) electrons. The van der Waals surface area contributed by atoms with Gasteiger partial charge in [0.2, 0.25) is 10.0 Å². The van der Waals surface area contributed by atoms with Gasteiger partial charge in [0.15, 0.2) is 0 Å². The third-order valence-electron chi connectivity index (χ3n) is 2.80. The van der Waals surface area contributed by atoms with Gasteiger partial charge in [-0.15, -0.1) is 0 Å². The number of hydrogen-bond donors (Lipinski definition) is 1. The van der Waals surface area contributed by atoms with Crippen LogP contribution in [-0.2, 0) is 10.0 Å². The molecule has 1 atom stereocenters. The molecule has 0 bridgehead atoms. The first kappa shape index (κ1) is 16.8. The van der Waals surface area contributed by atoms with Crippen molar-refractivity contribution in [3.63, 3.8) is 0 Å². The fraction of sp³-hybridized carbons (Fsp3) is 0.143. The average molecular weight is 409 g/mol. The highest BCUT2D eigenvalue weighted by atomic mass is 79.9. The van der Waals surface area contributed by atoms with Crippen molar-refractivity contribution in [3.8, 4) is 0 Å². The molecular weight excluding hydrogens is 397 g/mol. The summed E-state index contributed by atoms with van der Waals surface area (Å²) in [5.74, 6) is 0. The van der Waals surface area contributed by atoms with E-state index < -0.39 is 10.0 Å². The largest absolute Gasteiger partial charge is 0.242 e. The molecule has 0 spiro atoms. The minimum absolute atomic E-state index is 0.0237. The molecule has 0 amide bonds. The van der Waals surface area contributed by atoms with Gasteiger partial charge < -0.3 is 0 Å². The standard InChI is InChI=1S/C14H12BrCl2NO2S/c15-12(10-4-2-1-3-5-10)9-18-21(19,20)14-8-11(16)6-7-13(14)17/h1-8,12,18H,9H2. The normalized spacial score (nSPS) is 13.1. The Morgan fingerprint density at radius 2 is 1.76 bits per heavy atom. The fourth-order valence-corrected chi connectivity index (χ4v) is 4.21. The van der Waals surface area contributed by atoms with Crippen LogP contribution < -0.4 is 4.72 Å². The average Bonchev–Trinajstić information content (AvgIpc) is 2.48. The van der Waals surface area contributed by atoms with Crippen molar-refractivity contribution >= 4 is 49.2 Å². The molecule has 1 N–H and O–H groups in total. The maximum absolute atomic E-state index is 12.3. The first-order valence-electron chi connectivity index (χ1n) is 6.04. The van der Waals surface area contributed by atoms with E-state index in [1.165, 1.54) is 12.1 Å². The van der Waals surface area contributed by atoms with E-state index in [1.807, 2.05) is 30.3 Å². The summed E-state index contributed by atoms with van der Waals surface area (Å²) >= 11 is 15.2. The van der Waals surface area contributed by atoms with Crippen molar-refractivity contribution in [1.29, 1.82) is 0 Å². The molecule has 0 aliphatic carbocycles. The van der Waals surface area contributed by atoms with Gasteiger partial charge in [0.25, 0.3) is 0 Å². The van der Waals surface area contributed by atoms with Crippen molar-refractivity contribution in [2.24, 2.45) is 0 Å². The summed E-state index contributed by atoms with van der Waals surface area (Å²) in [6.45, 7) is 0.204. The molecule has 21 heavy (non-hydrogen) atoms. The molecule has 112 valence electrons. The Balaban J connectivity index is 2.13. The van der Waals surface area contributed by atoms with Gasteiger partial charge in [-0.05, 0) is 23.8 Å². The molecule has 2 rings (SSSR count). The van der Waals surface area contributed by atoms with Crippen LogP contribution in [0.3, 0.4) is 0 Å². The van der Waals surface area contributed by atoms with Crippen LogP contribution in [0.1, 0.15) is 10.4 Å². The van der Waals surface area contributed by atoms with E-state index >= 15 is 0 Å². The predicted octanol–water partition coefficient (Wildman–Crippen LogP) is 4.41. The molecule has 0 saturated heterocycles. The second kappa shape index (κ2) is 7.11. The Bertz CT molecular complexity index is 723. The monoisotopic (exact) mass is 407 g/mol. The molecule has 7 heteroatoms. The van der Waals surface area contributed by atoms with Crippen LogP contribution in [-0.4, -0.2) is 15.0 Å². The molecule has 1 unspecified atom stereocenters. The van der Waals surface area contributed by atoms with Crippen LogP contribution in [0.15, 0.2) is 53.4 Å². The molecule has 0 aromatic heterocycles. The van der Waals surface area contributed by atoms with E-state index in [0.717, 1.165) is 5.56 Å². The zero-order valence-corrected chi connectivity index (χ0v) is 14.7. The molecule has 2 aromatic rings. The fourth-order valence-electron chi connectivity index (χ4n) is 1.72. The first-order valence-corrected chi connectivity index (χ1v) is 9.19. The summed E-state index contributed by atoms with van der Waals surface area (Å²) in [6.07, 6.45) is 0. The lowest BCUT2D eigenvalue weighted by Gasteiger charge is -2.13. The SMILES string of the molecule is O=S(=O)(NCC(Br)c1ccccc1)c1cc(Cl)ccc1Cl. The van der Waals surface area contributed by atoms with Crippen molar-refractivity contribution in [3.05, 3.63) is 64.1 Å². The lowest BCUT2D eigenvalue weighted by molar-refractivity contribution is 0.581. The molecule has 2 aromatic carbocycles. The van der Waals surface area contributed by atoms with Crippen LogP contribution in [0.25, 0.3) is 0 Å². The Labute approximate surface area is 142 Å². The summed E-state index contributed by atoms with van der Waals surface area (Å²) < 4.78 is 27.1. The molecule has 0 aliphatic rings. The van der Waals surface area contributed by atoms with Gasteiger partial charge in [0.05, 0.1) is 9.85 Å². The highest BCUT2D eigenvalue weighted by Crippen LogP contribution is 2.26. The third-order valence-corrected chi connectivity index (χ3v) is 5.79. The summed E-state index contributed by atoms with van der Waals surface area (Å²) in [5.41, 5.74) is 0.984. The minimum Gasteiger partial charge on any atom is -0.210 e. The Hall–Kier alpha value is -0.590. The van der Waals surface area contributed by atoms with Gasteiger partial charge >= 0.3 is 0 Å². The Morgan fingerprint density at radius 3 is 2.43 bits per heavy atom. The van der Waals surface area contributed by atoms with Crippen LogP contribution in [0.4, 0.5) is 0 Å². The first-order chi connectivity index (χ1) is 9.90. The van der Waals surface area contributed by atoms with Crippen molar-refractivity contribution in [2.75, 3.05) is 6.54 Å². The topological polar surface area (TPSA) is 46.2 Å². The van der Waals surface area contributed by atoms with Gasteiger partial charge in [-0.3, -0.25) is 0 Å². The quantitative estimate of drug-likeness (QED) is 0.744. The second-order valence-electron chi connectivity index (χ2n) is 4.30. The lowest BCUT2D eigenvalue weighted by Crippen LogP contribution is -2.27. The van der Waals surface area contributed by atoms with Crippen LogP contribution >= 0.6 is 39.1 Å². The van der Waals surface area contributed by atoms with Crippen LogP contribution in [0, 0.1) is 0 Å². The number of sulfonamides is 1. The van der Waals surface area contributed by atoms with E-state index in [0.29, 0.717) is 5.02 Å². The van der Waals surface area contributed by atoms with Gasteiger partial charge in [-0.2, -0.15) is 0 Å². The number of benzene rings is 2. The summed E-state index contributed by atoms with van der Waals surface area (Å²) in [6, 6.07) is 13.9. The highest BCUT2D eigenvalue weighted by molar-refractivity contribution is 9.09. The van der Waals surface area contributed by atoms with Crippen molar-refractivity contribution in [2.45, 2.75) is 9.72 Å². The van der Waals surface area contributed by atoms with Crippen molar-refractivity contribution in [1.82, 2.24) is 4.72 Å². The Kier molecular flexibility index (Phi) is 5.68. The Morgan fingerprint density at radius 1 is 1.10 bits per heavy atom. The predicted molar refractivity (Wildman–Crippen MR) is 89.8 cm³/mol. The number of hydrogen-bond acceptors (Lipinski definition) is 2. The minimum atomic E-state index is -3.71. The van der Waals surface area contributed by atoms with E-state index in [9.17, 15) is 8.42 Å². The molecular formula is C14H12BrCl2NO2S. The lowest BCUT2D eigenvalue weighted by atomic mass is 10.2. The third kappa shape index (κ3) is 4.44. The van der Waals surface area contributed by atoms with Crippen LogP contribution in [0.2, 0.25) is 10.0 Å². The zero-order chi connectivity index (χ0) is 15.5. The van der Waals surface area contributed by atoms with Crippen LogP contribution in [0.5, 0.6) is 0 Å². The maximum atomic E-state index is 12.3. The number of alkyl halides is 1. The van der Waals surface area contributed by atoms with E-state index in [1.54, 1.807) is 6.07 Å². The van der Waals surface area contributed by atoms with Gasteiger partial charge in [0, 0.05) is 11.6 Å². The van der Waals surface area contributed by atoms with Crippen molar-refractivity contribution < 1.29 is 8.42 Å². The number of nitrogens with one attached hydrogen (secondary N) is 1. The molecule has 0 heterocycles. The summed E-state index contributed by atoms with van der Waals surface area (Å²) in [5, 5.41) is 0.455. The molecule has 3 nitrogen and oxygen atoms in total. The van der Waals surface area contributed by atoms with Gasteiger partial charge in [-0.25, -0.2) is 13.1 Å². The molecule has 0 fully saturated rings. The molecule has 0 saturated carbocycles. The number of halogens is 3. The molecule has 0 aliphatic heterocycles. The van der Waals surface area contributed by atoms with E-state index in [-0.39, 0.29) is 21.3 Å². The van der Waals surface area contributed by atoms with E-state index in [4.69, 9.17) is 23.2 Å². The number of rotatable bonds is 5. The van der Waals surface area contributed by atoms with Gasteiger partial charge in [-0.1, -0.05) is 69.5 Å². The summed E-state index contributed by atoms with van der Waals surface area (Å²) in [4.78, 5) is -0.157. The maximum Gasteiger partial charge on any atom is 0.242 e. The van der Waals surface area contributed by atoms with E-state index in [2.05, 4.69) is 20.7 Å². The van der Waals surface area contributed by atoms with Gasteiger partial charge in [0.1, 0.15) is 4.90 Å². The summed E-state index contributed by atoms with van der Waals surface area (Å²) in [7, 11) is -3.71.